The van der Waals surface area contributed by atoms with E-state index in [2.05, 4.69) is 31.3 Å². The molecule has 20 heavy (non-hydrogen) atoms. The average molecular weight is 309 g/mol. The predicted molar refractivity (Wildman–Crippen MR) is 87.2 cm³/mol. The fourth-order valence-corrected chi connectivity index (χ4v) is 3.95. The van der Waals surface area contributed by atoms with Gasteiger partial charge in [0.2, 0.25) is 0 Å². The summed E-state index contributed by atoms with van der Waals surface area (Å²) in [6, 6.07) is 11.5. The maximum atomic E-state index is 12.9. The third kappa shape index (κ3) is 4.62. The van der Waals surface area contributed by atoms with Gasteiger partial charge in [-0.3, -0.25) is 0 Å². The lowest BCUT2D eigenvalue weighted by Crippen LogP contribution is -2.23. The SMILES string of the molecule is CCCNC(CSc1ccc(F)cc1)c1ccc(C)s1. The van der Waals surface area contributed by atoms with Gasteiger partial charge in [-0.2, -0.15) is 0 Å². The van der Waals surface area contributed by atoms with Gasteiger partial charge in [-0.1, -0.05) is 6.92 Å². The van der Waals surface area contributed by atoms with Gasteiger partial charge < -0.3 is 5.32 Å². The molecule has 0 aliphatic rings. The van der Waals surface area contributed by atoms with E-state index in [9.17, 15) is 4.39 Å². The van der Waals surface area contributed by atoms with Gasteiger partial charge in [0.1, 0.15) is 5.82 Å². The highest BCUT2D eigenvalue weighted by molar-refractivity contribution is 7.99. The lowest BCUT2D eigenvalue weighted by Gasteiger charge is -2.16. The van der Waals surface area contributed by atoms with Crippen LogP contribution in [0, 0.1) is 12.7 Å². The molecule has 0 bridgehead atoms. The van der Waals surface area contributed by atoms with Crippen LogP contribution in [-0.4, -0.2) is 12.3 Å². The van der Waals surface area contributed by atoms with Crippen LogP contribution in [0.15, 0.2) is 41.3 Å². The van der Waals surface area contributed by atoms with Crippen LogP contribution in [0.1, 0.15) is 29.1 Å². The lowest BCUT2D eigenvalue weighted by atomic mass is 10.2. The molecule has 0 spiro atoms. The van der Waals surface area contributed by atoms with Crippen molar-refractivity contribution in [2.75, 3.05) is 12.3 Å². The zero-order valence-electron chi connectivity index (χ0n) is 11.9. The highest BCUT2D eigenvalue weighted by atomic mass is 32.2. The summed E-state index contributed by atoms with van der Waals surface area (Å²) in [5, 5.41) is 3.60. The molecule has 1 nitrogen and oxygen atoms in total. The first-order valence-corrected chi connectivity index (χ1v) is 8.67. The monoisotopic (exact) mass is 309 g/mol. The van der Waals surface area contributed by atoms with Crippen molar-refractivity contribution >= 4 is 23.1 Å². The van der Waals surface area contributed by atoms with Gasteiger partial charge >= 0.3 is 0 Å². The Morgan fingerprint density at radius 1 is 1.20 bits per heavy atom. The molecule has 0 saturated heterocycles. The molecule has 0 fully saturated rings. The van der Waals surface area contributed by atoms with Gasteiger partial charge in [-0.15, -0.1) is 23.1 Å². The lowest BCUT2D eigenvalue weighted by molar-refractivity contribution is 0.585. The molecule has 108 valence electrons. The third-order valence-electron chi connectivity index (χ3n) is 2.98. The Hall–Kier alpha value is -0.840. The van der Waals surface area contributed by atoms with E-state index in [4.69, 9.17) is 0 Å². The summed E-state index contributed by atoms with van der Waals surface area (Å²) in [7, 11) is 0. The summed E-state index contributed by atoms with van der Waals surface area (Å²) in [6.07, 6.45) is 1.13. The maximum Gasteiger partial charge on any atom is 0.123 e. The zero-order valence-corrected chi connectivity index (χ0v) is 13.5. The molecule has 2 rings (SSSR count). The van der Waals surface area contributed by atoms with Crippen molar-refractivity contribution in [2.24, 2.45) is 0 Å². The summed E-state index contributed by atoms with van der Waals surface area (Å²) in [4.78, 5) is 3.84. The Labute approximate surface area is 128 Å². The van der Waals surface area contributed by atoms with E-state index in [-0.39, 0.29) is 5.82 Å². The minimum atomic E-state index is -0.177. The van der Waals surface area contributed by atoms with Crippen LogP contribution in [0.5, 0.6) is 0 Å². The average Bonchev–Trinajstić information content (AvgIpc) is 2.87. The van der Waals surface area contributed by atoms with Crippen molar-refractivity contribution in [1.29, 1.82) is 0 Å². The van der Waals surface area contributed by atoms with Crippen LogP contribution in [0.25, 0.3) is 0 Å². The second-order valence-electron chi connectivity index (χ2n) is 4.72. The topological polar surface area (TPSA) is 12.0 Å². The molecule has 1 N–H and O–H groups in total. The molecule has 4 heteroatoms. The number of aryl methyl sites for hydroxylation is 1. The summed E-state index contributed by atoms with van der Waals surface area (Å²) in [6.45, 7) is 5.33. The second-order valence-corrected chi connectivity index (χ2v) is 7.13. The molecule has 0 saturated carbocycles. The van der Waals surface area contributed by atoms with E-state index in [1.807, 2.05) is 23.5 Å². The van der Waals surface area contributed by atoms with Crippen LogP contribution in [0.4, 0.5) is 4.39 Å². The molecule has 0 aliphatic heterocycles. The summed E-state index contributed by atoms with van der Waals surface area (Å²) in [5.41, 5.74) is 0. The Morgan fingerprint density at radius 2 is 1.95 bits per heavy atom. The molecule has 1 atom stereocenters. The zero-order chi connectivity index (χ0) is 14.4. The highest BCUT2D eigenvalue weighted by Gasteiger charge is 2.13. The molecule has 1 aromatic heterocycles. The van der Waals surface area contributed by atoms with Gasteiger partial charge in [0, 0.05) is 20.4 Å². The Bertz CT molecular complexity index is 522. The van der Waals surface area contributed by atoms with E-state index in [0.29, 0.717) is 6.04 Å². The molecule has 0 amide bonds. The van der Waals surface area contributed by atoms with E-state index in [0.717, 1.165) is 23.6 Å². The second kappa shape index (κ2) is 7.81. The molecule has 0 aliphatic carbocycles. The first-order valence-electron chi connectivity index (χ1n) is 6.87. The van der Waals surface area contributed by atoms with Crippen molar-refractivity contribution in [3.8, 4) is 0 Å². The number of thiophene rings is 1. The van der Waals surface area contributed by atoms with Crippen molar-refractivity contribution < 1.29 is 4.39 Å². The van der Waals surface area contributed by atoms with Crippen LogP contribution < -0.4 is 5.32 Å². The van der Waals surface area contributed by atoms with Gasteiger partial charge in [0.25, 0.3) is 0 Å². The van der Waals surface area contributed by atoms with Crippen LogP contribution in [0.2, 0.25) is 0 Å². The van der Waals surface area contributed by atoms with Crippen molar-refractivity contribution in [3.05, 3.63) is 52.0 Å². The van der Waals surface area contributed by atoms with Crippen molar-refractivity contribution in [1.82, 2.24) is 5.32 Å². The first-order chi connectivity index (χ1) is 9.69. The standard InChI is InChI=1S/C16H20FNS2/c1-3-10-18-15(16-9-4-12(2)20-16)11-19-14-7-5-13(17)6-8-14/h4-9,15,18H,3,10-11H2,1-2H3. The number of halogens is 1. The number of hydrogen-bond donors (Lipinski definition) is 1. The van der Waals surface area contributed by atoms with Gasteiger partial charge in [0.15, 0.2) is 0 Å². The normalized spacial score (nSPS) is 12.6. The van der Waals surface area contributed by atoms with Gasteiger partial charge in [-0.25, -0.2) is 4.39 Å². The summed E-state index contributed by atoms with van der Waals surface area (Å²) in [5.74, 6) is 0.787. The maximum absolute atomic E-state index is 12.9. The van der Waals surface area contributed by atoms with Crippen molar-refractivity contribution in [2.45, 2.75) is 31.2 Å². The summed E-state index contributed by atoms with van der Waals surface area (Å²) < 4.78 is 12.9. The number of rotatable bonds is 7. The number of nitrogens with one attached hydrogen (secondary N) is 1. The number of benzene rings is 1. The fourth-order valence-electron chi connectivity index (χ4n) is 1.91. The number of thioether (sulfide) groups is 1. The molecule has 2 aromatic rings. The molecule has 0 radical (unpaired) electrons. The number of hydrogen-bond acceptors (Lipinski definition) is 3. The first kappa shape index (κ1) is 15.5. The van der Waals surface area contributed by atoms with Crippen LogP contribution >= 0.6 is 23.1 Å². The molecular formula is C16H20FNS2. The van der Waals surface area contributed by atoms with Gasteiger partial charge in [-0.05, 0) is 56.3 Å². The highest BCUT2D eigenvalue weighted by Crippen LogP contribution is 2.29. The van der Waals surface area contributed by atoms with Crippen LogP contribution in [-0.2, 0) is 0 Å². The largest absolute Gasteiger partial charge is 0.309 e. The molecule has 1 aromatic carbocycles. The fraction of sp³-hybridized carbons (Fsp3) is 0.375. The molecular weight excluding hydrogens is 289 g/mol. The van der Waals surface area contributed by atoms with E-state index < -0.39 is 0 Å². The Kier molecular flexibility index (Phi) is 6.07. The minimum Gasteiger partial charge on any atom is -0.309 e. The van der Waals surface area contributed by atoms with E-state index in [1.165, 1.54) is 21.9 Å². The van der Waals surface area contributed by atoms with Gasteiger partial charge in [0.05, 0.1) is 6.04 Å². The quantitative estimate of drug-likeness (QED) is 0.720. The molecule has 1 unspecified atom stereocenters. The van der Waals surface area contributed by atoms with Crippen molar-refractivity contribution in [3.63, 3.8) is 0 Å². The molecule has 1 heterocycles. The van der Waals surface area contributed by atoms with E-state index in [1.54, 1.807) is 11.8 Å². The van der Waals surface area contributed by atoms with E-state index >= 15 is 0 Å². The van der Waals surface area contributed by atoms with Crippen LogP contribution in [0.3, 0.4) is 0 Å². The summed E-state index contributed by atoms with van der Waals surface area (Å²) >= 11 is 3.62. The smallest absolute Gasteiger partial charge is 0.123 e. The Morgan fingerprint density at radius 3 is 2.55 bits per heavy atom. The third-order valence-corrected chi connectivity index (χ3v) is 5.20. The Balaban J connectivity index is 1.98. The minimum absolute atomic E-state index is 0.177. The predicted octanol–water partition coefficient (Wildman–Crippen LogP) is 5.03.